The molecule has 1 aromatic heterocycles. The number of nitro benzene ring substituents is 1. The van der Waals surface area contributed by atoms with Crippen molar-refractivity contribution in [2.75, 3.05) is 38.2 Å². The van der Waals surface area contributed by atoms with E-state index in [0.29, 0.717) is 54.4 Å². The first-order valence-corrected chi connectivity index (χ1v) is 9.80. The van der Waals surface area contributed by atoms with E-state index in [1.165, 1.54) is 13.2 Å². The molecule has 0 bridgehead atoms. The van der Waals surface area contributed by atoms with E-state index in [4.69, 9.17) is 4.74 Å². The molecule has 1 aliphatic rings. The SMILES string of the molecule is COC(=O)c1c(C)[nH]c(C(=O)C(C)N2CCN(c3ccccc3[N+](=O)[O-])CC2)c1C. The van der Waals surface area contributed by atoms with Crippen LogP contribution in [0.3, 0.4) is 0 Å². The Hall–Kier alpha value is -3.20. The smallest absolute Gasteiger partial charge is 0.339 e. The zero-order valence-electron chi connectivity index (χ0n) is 17.6. The third-order valence-electron chi connectivity index (χ3n) is 5.73. The predicted octanol–water partition coefficient (Wildman–Crippen LogP) is 2.72. The second kappa shape index (κ2) is 8.66. The van der Waals surface area contributed by atoms with Gasteiger partial charge in [-0.2, -0.15) is 0 Å². The summed E-state index contributed by atoms with van der Waals surface area (Å²) in [5.74, 6) is -0.559. The molecule has 2 aromatic rings. The number of nitro groups is 1. The minimum atomic E-state index is -0.467. The van der Waals surface area contributed by atoms with Gasteiger partial charge >= 0.3 is 5.97 Å². The Morgan fingerprint density at radius 3 is 2.40 bits per heavy atom. The fourth-order valence-electron chi connectivity index (χ4n) is 4.02. The molecule has 1 N–H and O–H groups in total. The fraction of sp³-hybridized carbons (Fsp3) is 0.429. The van der Waals surface area contributed by atoms with Crippen LogP contribution in [-0.4, -0.2) is 65.9 Å². The number of para-hydroxylation sites is 2. The molecule has 2 heterocycles. The number of anilines is 1. The van der Waals surface area contributed by atoms with Crippen LogP contribution in [0.25, 0.3) is 0 Å². The lowest BCUT2D eigenvalue weighted by Gasteiger charge is -2.38. The van der Waals surface area contributed by atoms with Gasteiger partial charge in [0.05, 0.1) is 29.3 Å². The Balaban J connectivity index is 1.72. The number of aromatic nitrogens is 1. The molecule has 1 aliphatic heterocycles. The van der Waals surface area contributed by atoms with Gasteiger partial charge in [-0.1, -0.05) is 12.1 Å². The van der Waals surface area contributed by atoms with E-state index < -0.39 is 5.97 Å². The molecule has 3 rings (SSSR count). The van der Waals surface area contributed by atoms with Gasteiger partial charge in [-0.3, -0.25) is 19.8 Å². The van der Waals surface area contributed by atoms with Crippen molar-refractivity contribution in [2.45, 2.75) is 26.8 Å². The molecule has 1 aromatic carbocycles. The Morgan fingerprint density at radius 1 is 1.17 bits per heavy atom. The van der Waals surface area contributed by atoms with Gasteiger partial charge in [-0.25, -0.2) is 4.79 Å². The van der Waals surface area contributed by atoms with E-state index in [-0.39, 0.29) is 22.4 Å². The number of hydrogen-bond acceptors (Lipinski definition) is 7. The Morgan fingerprint density at radius 2 is 1.80 bits per heavy atom. The predicted molar refractivity (Wildman–Crippen MR) is 112 cm³/mol. The molecule has 1 atom stereocenters. The van der Waals surface area contributed by atoms with Crippen molar-refractivity contribution in [3.05, 3.63) is 56.9 Å². The number of esters is 1. The molecule has 9 heteroatoms. The highest BCUT2D eigenvalue weighted by Gasteiger charge is 2.31. The zero-order valence-corrected chi connectivity index (χ0v) is 17.6. The second-order valence-electron chi connectivity index (χ2n) is 7.43. The number of hydrogen-bond donors (Lipinski definition) is 1. The van der Waals surface area contributed by atoms with Gasteiger partial charge in [0.1, 0.15) is 5.69 Å². The number of carbonyl (C=O) groups excluding carboxylic acids is 2. The summed E-state index contributed by atoms with van der Waals surface area (Å²) >= 11 is 0. The summed E-state index contributed by atoms with van der Waals surface area (Å²) in [7, 11) is 1.31. The summed E-state index contributed by atoms with van der Waals surface area (Å²) in [6.45, 7) is 7.69. The molecule has 0 aliphatic carbocycles. The van der Waals surface area contributed by atoms with Gasteiger partial charge in [0.15, 0.2) is 5.78 Å². The minimum absolute atomic E-state index is 0.0860. The molecule has 0 radical (unpaired) electrons. The average molecular weight is 414 g/mol. The highest BCUT2D eigenvalue weighted by molar-refractivity contribution is 6.03. The Kier molecular flexibility index (Phi) is 6.21. The largest absolute Gasteiger partial charge is 0.465 e. The normalized spacial score (nSPS) is 15.7. The maximum absolute atomic E-state index is 13.1. The van der Waals surface area contributed by atoms with Crippen LogP contribution in [0.1, 0.15) is 39.0 Å². The van der Waals surface area contributed by atoms with Crippen LogP contribution in [0.4, 0.5) is 11.4 Å². The maximum atomic E-state index is 13.1. The quantitative estimate of drug-likeness (QED) is 0.335. The van der Waals surface area contributed by atoms with E-state index in [2.05, 4.69) is 9.88 Å². The van der Waals surface area contributed by atoms with Gasteiger partial charge in [0.2, 0.25) is 0 Å². The van der Waals surface area contributed by atoms with Crippen LogP contribution >= 0.6 is 0 Å². The minimum Gasteiger partial charge on any atom is -0.465 e. The molecule has 1 unspecified atom stereocenters. The summed E-state index contributed by atoms with van der Waals surface area (Å²) < 4.78 is 4.81. The molecule has 9 nitrogen and oxygen atoms in total. The van der Waals surface area contributed by atoms with Crippen LogP contribution in [0.15, 0.2) is 24.3 Å². The Labute approximate surface area is 174 Å². The van der Waals surface area contributed by atoms with Gasteiger partial charge < -0.3 is 14.6 Å². The summed E-state index contributed by atoms with van der Waals surface area (Å²) in [5, 5.41) is 11.3. The van der Waals surface area contributed by atoms with Crippen molar-refractivity contribution in [3.63, 3.8) is 0 Å². The van der Waals surface area contributed by atoms with Crippen molar-refractivity contribution >= 4 is 23.1 Å². The average Bonchev–Trinajstić information content (AvgIpc) is 3.06. The zero-order chi connectivity index (χ0) is 22.0. The molecular formula is C21H26N4O5. The van der Waals surface area contributed by atoms with Crippen LogP contribution < -0.4 is 4.90 Å². The molecule has 30 heavy (non-hydrogen) atoms. The van der Waals surface area contributed by atoms with Crippen LogP contribution in [0, 0.1) is 24.0 Å². The number of carbonyl (C=O) groups is 2. The third-order valence-corrected chi connectivity index (χ3v) is 5.73. The number of rotatable bonds is 6. The van der Waals surface area contributed by atoms with Crippen LogP contribution in [0.2, 0.25) is 0 Å². The van der Waals surface area contributed by atoms with Gasteiger partial charge in [-0.15, -0.1) is 0 Å². The number of ketones is 1. The molecule has 1 saturated heterocycles. The van der Waals surface area contributed by atoms with E-state index in [1.54, 1.807) is 32.0 Å². The van der Waals surface area contributed by atoms with Crippen LogP contribution in [0.5, 0.6) is 0 Å². The third kappa shape index (κ3) is 3.93. The second-order valence-corrected chi connectivity index (χ2v) is 7.43. The lowest BCUT2D eigenvalue weighted by molar-refractivity contribution is -0.384. The number of piperazine rings is 1. The van der Waals surface area contributed by atoms with Gasteiger partial charge in [0.25, 0.3) is 5.69 Å². The van der Waals surface area contributed by atoms with Crippen LogP contribution in [-0.2, 0) is 4.74 Å². The molecule has 0 saturated carbocycles. The number of benzene rings is 1. The summed E-state index contributed by atoms with van der Waals surface area (Å²) in [6.07, 6.45) is 0. The van der Waals surface area contributed by atoms with E-state index in [9.17, 15) is 19.7 Å². The number of nitrogens with one attached hydrogen (secondary N) is 1. The van der Waals surface area contributed by atoms with Gasteiger partial charge in [-0.05, 0) is 32.4 Å². The summed E-state index contributed by atoms with van der Waals surface area (Å²) in [6, 6.07) is 6.31. The van der Waals surface area contributed by atoms with Crippen molar-refractivity contribution in [1.82, 2.24) is 9.88 Å². The van der Waals surface area contributed by atoms with E-state index in [1.807, 2.05) is 11.8 Å². The lowest BCUT2D eigenvalue weighted by Crippen LogP contribution is -2.52. The standard InChI is InChI=1S/C21H26N4O5/c1-13-18(21(27)30-4)14(2)22-19(13)20(26)15(3)23-9-11-24(12-10-23)16-7-5-6-8-17(16)25(28)29/h5-8,15,22H,9-12H2,1-4H3. The number of aryl methyl sites for hydroxylation is 1. The molecule has 0 amide bonds. The van der Waals surface area contributed by atoms with Crippen molar-refractivity contribution in [1.29, 1.82) is 0 Å². The van der Waals surface area contributed by atoms with Gasteiger partial charge in [0, 0.05) is 37.9 Å². The first-order chi connectivity index (χ1) is 14.3. The number of methoxy groups -OCH3 is 1. The Bertz CT molecular complexity index is 976. The number of aromatic amines is 1. The highest BCUT2D eigenvalue weighted by Crippen LogP contribution is 2.29. The van der Waals surface area contributed by atoms with Crippen molar-refractivity contribution in [2.24, 2.45) is 0 Å². The summed E-state index contributed by atoms with van der Waals surface area (Å²) in [5.41, 5.74) is 2.70. The highest BCUT2D eigenvalue weighted by atomic mass is 16.6. The first-order valence-electron chi connectivity index (χ1n) is 9.80. The number of Topliss-reactive ketones (excluding diaryl/α,β-unsaturated/α-hetero) is 1. The fourth-order valence-corrected chi connectivity index (χ4v) is 4.02. The lowest BCUT2D eigenvalue weighted by atomic mass is 10.0. The van der Waals surface area contributed by atoms with E-state index >= 15 is 0 Å². The number of nitrogens with zero attached hydrogens (tertiary/aromatic N) is 3. The van der Waals surface area contributed by atoms with E-state index in [0.717, 1.165) is 0 Å². The molecule has 160 valence electrons. The number of ether oxygens (including phenoxy) is 1. The number of H-pyrrole nitrogens is 1. The molecular weight excluding hydrogens is 388 g/mol. The first kappa shape index (κ1) is 21.5. The van der Waals surface area contributed by atoms with Crippen molar-refractivity contribution < 1.29 is 19.2 Å². The monoisotopic (exact) mass is 414 g/mol. The molecule has 0 spiro atoms. The molecule has 1 fully saturated rings. The van der Waals surface area contributed by atoms with Crippen molar-refractivity contribution in [3.8, 4) is 0 Å². The summed E-state index contributed by atoms with van der Waals surface area (Å²) in [4.78, 5) is 43.1. The topological polar surface area (TPSA) is 109 Å². The maximum Gasteiger partial charge on any atom is 0.339 e.